The number of aryl methyl sites for hydroxylation is 2. The highest BCUT2D eigenvalue weighted by atomic mass is 32.2. The van der Waals surface area contributed by atoms with Crippen molar-refractivity contribution in [3.63, 3.8) is 0 Å². The van der Waals surface area contributed by atoms with E-state index in [1.165, 1.54) is 23.6 Å². The third-order valence-electron chi connectivity index (χ3n) is 5.47. The van der Waals surface area contributed by atoms with Gasteiger partial charge in [-0.2, -0.15) is 0 Å². The molecule has 168 valence electrons. The molecule has 32 heavy (non-hydrogen) atoms. The van der Waals surface area contributed by atoms with Gasteiger partial charge in [-0.1, -0.05) is 23.9 Å². The minimum Gasteiger partial charge on any atom is -0.383 e. The molecular weight excluding hydrogens is 446 g/mol. The van der Waals surface area contributed by atoms with E-state index in [4.69, 9.17) is 9.72 Å². The lowest BCUT2D eigenvalue weighted by Crippen LogP contribution is -2.26. The fraction of sp³-hybridized carbons (Fsp3) is 0.391. The number of rotatable bonds is 8. The molecule has 1 aliphatic rings. The molecule has 2 heterocycles. The largest absolute Gasteiger partial charge is 0.383 e. The van der Waals surface area contributed by atoms with E-state index < -0.39 is 0 Å². The van der Waals surface area contributed by atoms with Crippen molar-refractivity contribution in [2.75, 3.05) is 24.8 Å². The summed E-state index contributed by atoms with van der Waals surface area (Å²) in [4.78, 5) is 44.6. The summed E-state index contributed by atoms with van der Waals surface area (Å²) in [7, 11) is 1.59. The predicted molar refractivity (Wildman–Crippen MR) is 128 cm³/mol. The number of nitrogens with zero attached hydrogens (tertiary/aromatic N) is 2. The molecule has 1 amide bonds. The Morgan fingerprint density at radius 2 is 2.03 bits per heavy atom. The highest BCUT2D eigenvalue weighted by molar-refractivity contribution is 7.99. The summed E-state index contributed by atoms with van der Waals surface area (Å²) in [6.07, 6.45) is 4.14. The van der Waals surface area contributed by atoms with Gasteiger partial charge in [0.15, 0.2) is 10.9 Å². The number of aromatic nitrogens is 2. The van der Waals surface area contributed by atoms with Crippen LogP contribution in [0.25, 0.3) is 10.2 Å². The highest BCUT2D eigenvalue weighted by Gasteiger charge is 2.22. The molecule has 7 nitrogen and oxygen atoms in total. The van der Waals surface area contributed by atoms with E-state index in [0.717, 1.165) is 41.5 Å². The van der Waals surface area contributed by atoms with Crippen LogP contribution in [0, 0.1) is 0 Å². The lowest BCUT2D eigenvalue weighted by Gasteiger charge is -2.13. The van der Waals surface area contributed by atoms with Crippen molar-refractivity contribution in [2.24, 2.45) is 0 Å². The number of Topliss-reactive ketones (excluding diaryl/α,β-unsaturated/α-hetero) is 1. The van der Waals surface area contributed by atoms with Gasteiger partial charge in [0.2, 0.25) is 5.91 Å². The molecule has 4 rings (SSSR count). The van der Waals surface area contributed by atoms with Crippen molar-refractivity contribution in [1.82, 2.24) is 9.55 Å². The third-order valence-corrected chi connectivity index (χ3v) is 7.63. The number of thioether (sulfide) groups is 1. The molecule has 2 aromatic heterocycles. The number of nitrogens with one attached hydrogen (secondary N) is 1. The smallest absolute Gasteiger partial charge is 0.263 e. The van der Waals surface area contributed by atoms with Gasteiger partial charge in [-0.15, -0.1) is 11.3 Å². The number of ether oxygens (including phenoxy) is 1. The van der Waals surface area contributed by atoms with Crippen molar-refractivity contribution in [1.29, 1.82) is 0 Å². The molecule has 0 atom stereocenters. The molecule has 1 aliphatic carbocycles. The molecule has 9 heteroatoms. The van der Waals surface area contributed by atoms with E-state index in [0.29, 0.717) is 29.6 Å². The normalized spacial score (nSPS) is 13.2. The van der Waals surface area contributed by atoms with Crippen molar-refractivity contribution in [3.05, 3.63) is 50.6 Å². The molecule has 0 saturated carbocycles. The van der Waals surface area contributed by atoms with Crippen molar-refractivity contribution >= 4 is 50.7 Å². The van der Waals surface area contributed by atoms with Gasteiger partial charge in [0.25, 0.3) is 5.56 Å². The number of fused-ring (bicyclic) bond motifs is 3. The van der Waals surface area contributed by atoms with Crippen LogP contribution in [0.5, 0.6) is 0 Å². The average molecular weight is 472 g/mol. The zero-order valence-corrected chi connectivity index (χ0v) is 19.7. The van der Waals surface area contributed by atoms with Crippen molar-refractivity contribution in [2.45, 2.75) is 44.3 Å². The van der Waals surface area contributed by atoms with Gasteiger partial charge >= 0.3 is 0 Å². The number of hydrogen-bond acceptors (Lipinski definition) is 7. The lowest BCUT2D eigenvalue weighted by molar-refractivity contribution is -0.113. The fourth-order valence-electron chi connectivity index (χ4n) is 3.93. The van der Waals surface area contributed by atoms with Crippen LogP contribution in [0.15, 0.2) is 34.2 Å². The molecule has 1 aromatic carbocycles. The second kappa shape index (κ2) is 9.97. The quantitative estimate of drug-likeness (QED) is 0.304. The SMILES string of the molecule is COCCn1c(SCC(=O)Nc2ccccc2C(C)=O)nc2sc3c(c2c1=O)CCCC3. The van der Waals surface area contributed by atoms with Gasteiger partial charge in [-0.05, 0) is 50.3 Å². The molecule has 0 saturated heterocycles. The number of methoxy groups -OCH3 is 1. The standard InChI is InChI=1S/C23H25N3O4S2/c1-14(27)15-7-3-5-9-17(15)24-19(28)13-31-23-25-21-20(22(29)26(23)11-12-30-2)16-8-4-6-10-18(16)32-21/h3,5,7,9H,4,6,8,10-13H2,1-2H3,(H,24,28). The summed E-state index contributed by atoms with van der Waals surface area (Å²) in [5.74, 6) is -0.306. The number of ketones is 1. The molecule has 0 unspecified atom stereocenters. The number of carbonyl (C=O) groups is 2. The Morgan fingerprint density at radius 1 is 1.25 bits per heavy atom. The zero-order chi connectivity index (χ0) is 22.7. The van der Waals surface area contributed by atoms with E-state index in [1.54, 1.807) is 47.3 Å². The summed E-state index contributed by atoms with van der Waals surface area (Å²) in [6, 6.07) is 6.91. The summed E-state index contributed by atoms with van der Waals surface area (Å²) < 4.78 is 6.82. The maximum Gasteiger partial charge on any atom is 0.263 e. The molecule has 0 bridgehead atoms. The average Bonchev–Trinajstić information content (AvgIpc) is 3.16. The number of amides is 1. The molecule has 0 fully saturated rings. The van der Waals surface area contributed by atoms with Crippen LogP contribution in [0.1, 0.15) is 40.6 Å². The Kier molecular flexibility index (Phi) is 7.07. The Labute approximate surface area is 194 Å². The second-order valence-corrected chi connectivity index (χ2v) is 9.70. The highest BCUT2D eigenvalue weighted by Crippen LogP contribution is 2.34. The molecular formula is C23H25N3O4S2. The Bertz CT molecular complexity index is 1230. The Morgan fingerprint density at radius 3 is 2.81 bits per heavy atom. The molecule has 0 spiro atoms. The molecule has 0 radical (unpaired) electrons. The van der Waals surface area contributed by atoms with E-state index in [1.807, 2.05) is 0 Å². The number of para-hydroxylation sites is 1. The minimum atomic E-state index is -0.262. The summed E-state index contributed by atoms with van der Waals surface area (Å²) in [5.41, 5.74) is 2.04. The lowest BCUT2D eigenvalue weighted by atomic mass is 9.97. The molecule has 0 aliphatic heterocycles. The van der Waals surface area contributed by atoms with E-state index in [2.05, 4.69) is 5.32 Å². The van der Waals surface area contributed by atoms with Gasteiger partial charge in [-0.3, -0.25) is 19.0 Å². The van der Waals surface area contributed by atoms with Crippen molar-refractivity contribution < 1.29 is 14.3 Å². The number of carbonyl (C=O) groups excluding carboxylic acids is 2. The Hall–Kier alpha value is -2.49. The van der Waals surface area contributed by atoms with Gasteiger partial charge < -0.3 is 10.1 Å². The molecule has 3 aromatic rings. The number of hydrogen-bond donors (Lipinski definition) is 1. The van der Waals surface area contributed by atoms with Gasteiger partial charge in [0.05, 0.1) is 30.0 Å². The zero-order valence-electron chi connectivity index (χ0n) is 18.1. The molecule has 1 N–H and O–H groups in total. The first-order valence-electron chi connectivity index (χ1n) is 10.6. The topological polar surface area (TPSA) is 90.3 Å². The van der Waals surface area contributed by atoms with Crippen LogP contribution in [-0.2, 0) is 28.9 Å². The van der Waals surface area contributed by atoms with Gasteiger partial charge in [-0.25, -0.2) is 4.98 Å². The maximum absolute atomic E-state index is 13.4. The first kappa shape index (κ1) is 22.7. The fourth-order valence-corrected chi connectivity index (χ4v) is 6.05. The van der Waals surface area contributed by atoms with Gasteiger partial charge in [0, 0.05) is 17.6 Å². The predicted octanol–water partition coefficient (Wildman–Crippen LogP) is 3.92. The number of benzene rings is 1. The van der Waals surface area contributed by atoms with E-state index >= 15 is 0 Å². The van der Waals surface area contributed by atoms with Crippen LogP contribution in [0.2, 0.25) is 0 Å². The number of anilines is 1. The monoisotopic (exact) mass is 471 g/mol. The van der Waals surface area contributed by atoms with Gasteiger partial charge in [0.1, 0.15) is 4.83 Å². The summed E-state index contributed by atoms with van der Waals surface area (Å²) >= 11 is 2.82. The van der Waals surface area contributed by atoms with Crippen LogP contribution in [-0.4, -0.2) is 40.7 Å². The van der Waals surface area contributed by atoms with Crippen LogP contribution in [0.3, 0.4) is 0 Å². The third kappa shape index (κ3) is 4.65. The Balaban J connectivity index is 1.60. The maximum atomic E-state index is 13.4. The number of thiophene rings is 1. The minimum absolute atomic E-state index is 0.0590. The second-order valence-electron chi connectivity index (χ2n) is 7.67. The summed E-state index contributed by atoms with van der Waals surface area (Å²) in [5, 5.41) is 4.03. The van der Waals surface area contributed by atoms with Crippen LogP contribution >= 0.6 is 23.1 Å². The first-order valence-corrected chi connectivity index (χ1v) is 12.4. The van der Waals surface area contributed by atoms with Crippen molar-refractivity contribution in [3.8, 4) is 0 Å². The summed E-state index contributed by atoms with van der Waals surface area (Å²) in [6.45, 7) is 2.22. The van der Waals surface area contributed by atoms with E-state index in [9.17, 15) is 14.4 Å². The van der Waals surface area contributed by atoms with Crippen LogP contribution < -0.4 is 10.9 Å². The van der Waals surface area contributed by atoms with Crippen LogP contribution in [0.4, 0.5) is 5.69 Å². The van der Waals surface area contributed by atoms with E-state index in [-0.39, 0.29) is 23.0 Å². The first-order chi connectivity index (χ1) is 15.5.